The molecular weight excluding hydrogens is 428 g/mol. The average Bonchev–Trinajstić information content (AvgIpc) is 2.80. The maximum Gasteiger partial charge on any atom is 0.200 e. The average molecular weight is 459 g/mol. The smallest absolute Gasteiger partial charge is 0.200 e. The lowest BCUT2D eigenvalue weighted by Gasteiger charge is -2.34. The van der Waals surface area contributed by atoms with Gasteiger partial charge in [0.1, 0.15) is 23.3 Å². The van der Waals surface area contributed by atoms with Gasteiger partial charge in [-0.25, -0.2) is 0 Å². The first-order chi connectivity index (χ1) is 15.0. The van der Waals surface area contributed by atoms with Gasteiger partial charge >= 0.3 is 0 Å². The normalized spacial score (nSPS) is 15.8. The summed E-state index contributed by atoms with van der Waals surface area (Å²) in [7, 11) is 1.61. The Morgan fingerprint density at radius 1 is 1.12 bits per heavy atom. The number of fused-ring (bicyclic) bond motifs is 1. The van der Waals surface area contributed by atoms with Gasteiger partial charge in [-0.2, -0.15) is 0 Å². The fourth-order valence-corrected chi connectivity index (χ4v) is 4.06. The van der Waals surface area contributed by atoms with Gasteiger partial charge in [-0.05, 0) is 69.1 Å². The Morgan fingerprint density at radius 3 is 2.50 bits per heavy atom. The molecule has 172 valence electrons. The molecule has 6 nitrogen and oxygen atoms in total. The van der Waals surface area contributed by atoms with Crippen LogP contribution in [0.1, 0.15) is 26.2 Å². The van der Waals surface area contributed by atoms with Gasteiger partial charge in [0, 0.05) is 18.2 Å². The number of methoxy groups -OCH3 is 1. The Balaban J connectivity index is 0.00000289. The van der Waals surface area contributed by atoms with Crippen molar-refractivity contribution in [1.82, 2.24) is 4.90 Å². The summed E-state index contributed by atoms with van der Waals surface area (Å²) in [5.41, 5.74) is 7.78. The molecule has 0 aliphatic carbocycles. The van der Waals surface area contributed by atoms with Crippen molar-refractivity contribution in [2.24, 2.45) is 5.73 Å². The third-order valence-corrected chi connectivity index (χ3v) is 6.15. The quantitative estimate of drug-likeness (QED) is 0.562. The Labute approximate surface area is 194 Å². The second-order valence-electron chi connectivity index (χ2n) is 8.22. The molecule has 0 saturated carbocycles. The largest absolute Gasteiger partial charge is 0.497 e. The number of likely N-dealkylation sites (tertiary alicyclic amines) is 1. The molecule has 0 bridgehead atoms. The number of nitrogens with zero attached hydrogens (tertiary/aromatic N) is 1. The lowest BCUT2D eigenvalue weighted by molar-refractivity contribution is 0.140. The highest BCUT2D eigenvalue weighted by Crippen LogP contribution is 2.25. The van der Waals surface area contributed by atoms with E-state index >= 15 is 0 Å². The van der Waals surface area contributed by atoms with Crippen LogP contribution in [0.5, 0.6) is 11.5 Å². The van der Waals surface area contributed by atoms with Crippen LogP contribution < -0.4 is 20.6 Å². The lowest BCUT2D eigenvalue weighted by Crippen LogP contribution is -2.44. The molecule has 1 saturated heterocycles. The van der Waals surface area contributed by atoms with Crippen molar-refractivity contribution < 1.29 is 13.9 Å². The standard InChI is InChI=1S/C25H30N2O4.ClH/c1-17(27-12-9-19(26)10-13-27)11-14-30-21-7-8-22-24(15-21)31-16-23(25(22)28)18-3-5-20(29-2)6-4-18;/h3-8,15-17,19H,9-14,26H2,1-2H3;1H. The highest BCUT2D eigenvalue weighted by Gasteiger charge is 2.20. The van der Waals surface area contributed by atoms with Gasteiger partial charge < -0.3 is 24.5 Å². The molecule has 0 amide bonds. The van der Waals surface area contributed by atoms with Gasteiger partial charge in [-0.1, -0.05) is 12.1 Å². The second-order valence-corrected chi connectivity index (χ2v) is 8.22. The van der Waals surface area contributed by atoms with Crippen LogP contribution in [-0.4, -0.2) is 43.8 Å². The highest BCUT2D eigenvalue weighted by molar-refractivity contribution is 5.85. The molecule has 1 fully saturated rings. The molecular formula is C25H31ClN2O4. The first-order valence-corrected chi connectivity index (χ1v) is 10.9. The molecule has 2 aromatic carbocycles. The van der Waals surface area contributed by atoms with Gasteiger partial charge in [0.05, 0.1) is 24.7 Å². The van der Waals surface area contributed by atoms with E-state index in [1.165, 1.54) is 6.26 Å². The molecule has 7 heteroatoms. The number of rotatable bonds is 7. The van der Waals surface area contributed by atoms with Crippen molar-refractivity contribution in [3.8, 4) is 22.6 Å². The lowest BCUT2D eigenvalue weighted by atomic mass is 10.0. The molecule has 3 aromatic rings. The second kappa shape index (κ2) is 10.9. The summed E-state index contributed by atoms with van der Waals surface area (Å²) in [5.74, 6) is 1.45. The summed E-state index contributed by atoms with van der Waals surface area (Å²) in [6.07, 6.45) is 4.58. The zero-order valence-electron chi connectivity index (χ0n) is 18.6. The number of hydrogen-bond acceptors (Lipinski definition) is 6. The molecule has 0 spiro atoms. The van der Waals surface area contributed by atoms with Crippen LogP contribution in [0.2, 0.25) is 0 Å². The van der Waals surface area contributed by atoms with E-state index in [2.05, 4.69) is 11.8 Å². The zero-order valence-corrected chi connectivity index (χ0v) is 19.4. The molecule has 1 unspecified atom stereocenters. The molecule has 1 aromatic heterocycles. The van der Waals surface area contributed by atoms with Crippen molar-refractivity contribution >= 4 is 23.4 Å². The molecule has 2 N–H and O–H groups in total. The monoisotopic (exact) mass is 458 g/mol. The van der Waals surface area contributed by atoms with Gasteiger partial charge in [0.25, 0.3) is 0 Å². The Kier molecular flexibility index (Phi) is 8.18. The summed E-state index contributed by atoms with van der Waals surface area (Å²) in [6.45, 7) is 4.96. The van der Waals surface area contributed by atoms with E-state index in [4.69, 9.17) is 19.6 Å². The summed E-state index contributed by atoms with van der Waals surface area (Å²) >= 11 is 0. The van der Waals surface area contributed by atoms with Crippen molar-refractivity contribution in [3.05, 3.63) is 59.0 Å². The molecule has 1 atom stereocenters. The predicted octanol–water partition coefficient (Wildman–Crippen LogP) is 4.47. The summed E-state index contributed by atoms with van der Waals surface area (Å²) in [5, 5.41) is 0.540. The van der Waals surface area contributed by atoms with Crippen LogP contribution >= 0.6 is 12.4 Å². The highest BCUT2D eigenvalue weighted by atomic mass is 35.5. The van der Waals surface area contributed by atoms with Crippen molar-refractivity contribution in [3.63, 3.8) is 0 Å². The van der Waals surface area contributed by atoms with E-state index in [1.807, 2.05) is 30.3 Å². The molecule has 0 radical (unpaired) electrons. The van der Waals surface area contributed by atoms with Crippen LogP contribution in [-0.2, 0) is 0 Å². The van der Waals surface area contributed by atoms with Crippen LogP contribution in [0.25, 0.3) is 22.1 Å². The molecule has 4 rings (SSSR count). The van der Waals surface area contributed by atoms with Gasteiger partial charge in [0.2, 0.25) is 0 Å². The van der Waals surface area contributed by atoms with Crippen molar-refractivity contribution in [2.45, 2.75) is 38.3 Å². The summed E-state index contributed by atoms with van der Waals surface area (Å²) < 4.78 is 16.9. The third-order valence-electron chi connectivity index (χ3n) is 6.15. The molecule has 1 aliphatic rings. The van der Waals surface area contributed by atoms with Gasteiger partial charge in [0.15, 0.2) is 5.43 Å². The molecule has 1 aliphatic heterocycles. The van der Waals surface area contributed by atoms with E-state index < -0.39 is 0 Å². The zero-order chi connectivity index (χ0) is 21.8. The summed E-state index contributed by atoms with van der Waals surface area (Å²) in [6, 6.07) is 13.6. The van der Waals surface area contributed by atoms with Crippen LogP contribution in [0.15, 0.2) is 57.9 Å². The molecule has 2 heterocycles. The number of nitrogens with two attached hydrogens (primary N) is 1. The number of benzene rings is 2. The predicted molar refractivity (Wildman–Crippen MR) is 130 cm³/mol. The van der Waals surface area contributed by atoms with Crippen LogP contribution in [0.4, 0.5) is 0 Å². The maximum absolute atomic E-state index is 12.9. The maximum atomic E-state index is 12.9. The van der Waals surface area contributed by atoms with E-state index in [0.29, 0.717) is 41.0 Å². The minimum Gasteiger partial charge on any atom is -0.497 e. The van der Waals surface area contributed by atoms with E-state index in [1.54, 1.807) is 19.2 Å². The van der Waals surface area contributed by atoms with E-state index in [0.717, 1.165) is 43.7 Å². The fraction of sp³-hybridized carbons (Fsp3) is 0.400. The van der Waals surface area contributed by atoms with Gasteiger partial charge in [-0.15, -0.1) is 12.4 Å². The van der Waals surface area contributed by atoms with Crippen LogP contribution in [0, 0.1) is 0 Å². The SMILES string of the molecule is COc1ccc(-c2coc3cc(OCCC(C)N4CCC(N)CC4)ccc3c2=O)cc1.Cl. The first-order valence-electron chi connectivity index (χ1n) is 10.9. The van der Waals surface area contributed by atoms with E-state index in [9.17, 15) is 4.79 Å². The van der Waals surface area contributed by atoms with Crippen molar-refractivity contribution in [1.29, 1.82) is 0 Å². The minimum atomic E-state index is -0.0603. The number of hydrogen-bond donors (Lipinski definition) is 1. The Bertz CT molecular complexity index is 1080. The Hall–Kier alpha value is -2.54. The minimum absolute atomic E-state index is 0. The summed E-state index contributed by atoms with van der Waals surface area (Å²) in [4.78, 5) is 15.4. The van der Waals surface area contributed by atoms with Gasteiger partial charge in [-0.3, -0.25) is 4.79 Å². The fourth-order valence-electron chi connectivity index (χ4n) is 4.06. The Morgan fingerprint density at radius 2 is 1.81 bits per heavy atom. The number of ether oxygens (including phenoxy) is 2. The van der Waals surface area contributed by atoms with E-state index in [-0.39, 0.29) is 17.8 Å². The number of halogens is 1. The topological polar surface area (TPSA) is 77.9 Å². The molecule has 32 heavy (non-hydrogen) atoms. The van der Waals surface area contributed by atoms with Crippen LogP contribution in [0.3, 0.4) is 0 Å². The first kappa shape index (κ1) is 24.1. The number of piperidine rings is 1. The third kappa shape index (κ3) is 5.44. The van der Waals surface area contributed by atoms with Crippen molar-refractivity contribution in [2.75, 3.05) is 26.8 Å².